The van der Waals surface area contributed by atoms with E-state index in [0.717, 1.165) is 15.4 Å². The molecule has 0 aromatic heterocycles. The van der Waals surface area contributed by atoms with E-state index in [1.807, 2.05) is 31.2 Å². The number of hydrogen-bond donors (Lipinski definition) is 2. The number of nitrogens with zero attached hydrogens (tertiary/aromatic N) is 1. The van der Waals surface area contributed by atoms with Crippen molar-refractivity contribution in [1.82, 2.24) is 0 Å². The summed E-state index contributed by atoms with van der Waals surface area (Å²) >= 11 is 1.45. The van der Waals surface area contributed by atoms with Crippen LogP contribution in [0.1, 0.15) is 11.1 Å². The van der Waals surface area contributed by atoms with Crippen LogP contribution >= 0.6 is 11.8 Å². The molecule has 2 aromatic rings. The molecule has 0 aliphatic heterocycles. The zero-order chi connectivity index (χ0) is 13.8. The molecule has 0 bridgehead atoms. The second kappa shape index (κ2) is 5.75. The van der Waals surface area contributed by atoms with Crippen molar-refractivity contribution in [2.45, 2.75) is 16.7 Å². The highest BCUT2D eigenvalue weighted by molar-refractivity contribution is 7.99. The third kappa shape index (κ3) is 3.06. The van der Waals surface area contributed by atoms with Crippen LogP contribution in [0.15, 0.2) is 57.4 Å². The number of benzene rings is 2. The number of rotatable bonds is 3. The van der Waals surface area contributed by atoms with Crippen LogP contribution in [0.4, 0.5) is 4.39 Å². The molecule has 3 N–H and O–H groups in total. The highest BCUT2D eigenvalue weighted by Gasteiger charge is 2.11. The molecular formula is C14H13FN2OS. The average Bonchev–Trinajstić information content (AvgIpc) is 2.42. The Morgan fingerprint density at radius 2 is 1.95 bits per heavy atom. The largest absolute Gasteiger partial charge is 0.409 e. The lowest BCUT2D eigenvalue weighted by atomic mass is 10.2. The van der Waals surface area contributed by atoms with E-state index in [1.165, 1.54) is 23.9 Å². The minimum atomic E-state index is -0.421. The molecule has 0 aliphatic carbocycles. The Balaban J connectivity index is 2.43. The molecule has 0 saturated heterocycles. The normalized spacial score (nSPS) is 11.6. The summed E-state index contributed by atoms with van der Waals surface area (Å²) in [5.74, 6) is -0.522. The molecule has 5 heteroatoms. The second-order valence-electron chi connectivity index (χ2n) is 3.99. The van der Waals surface area contributed by atoms with Gasteiger partial charge in [-0.05, 0) is 36.8 Å². The average molecular weight is 276 g/mol. The van der Waals surface area contributed by atoms with Crippen molar-refractivity contribution >= 4 is 17.6 Å². The summed E-state index contributed by atoms with van der Waals surface area (Å²) in [5.41, 5.74) is 7.07. The predicted molar refractivity (Wildman–Crippen MR) is 74.2 cm³/mol. The zero-order valence-corrected chi connectivity index (χ0v) is 11.1. The number of aryl methyl sites for hydroxylation is 1. The van der Waals surface area contributed by atoms with Crippen LogP contribution < -0.4 is 5.73 Å². The van der Waals surface area contributed by atoms with Crippen LogP contribution in [-0.2, 0) is 0 Å². The van der Waals surface area contributed by atoms with Crippen LogP contribution in [-0.4, -0.2) is 11.0 Å². The first-order chi connectivity index (χ1) is 9.11. The monoisotopic (exact) mass is 276 g/mol. The van der Waals surface area contributed by atoms with Crippen LogP contribution in [0, 0.1) is 12.7 Å². The lowest BCUT2D eigenvalue weighted by Crippen LogP contribution is -2.14. The third-order valence-corrected chi connectivity index (χ3v) is 3.89. The van der Waals surface area contributed by atoms with E-state index in [4.69, 9.17) is 10.9 Å². The number of nitrogens with two attached hydrogens (primary N) is 1. The summed E-state index contributed by atoms with van der Waals surface area (Å²) in [4.78, 5) is 1.78. The summed E-state index contributed by atoms with van der Waals surface area (Å²) in [6.07, 6.45) is 0. The first-order valence-electron chi connectivity index (χ1n) is 5.62. The van der Waals surface area contributed by atoms with Gasteiger partial charge >= 0.3 is 0 Å². The van der Waals surface area contributed by atoms with Gasteiger partial charge in [-0.2, -0.15) is 0 Å². The summed E-state index contributed by atoms with van der Waals surface area (Å²) in [6, 6.07) is 12.1. The molecule has 0 amide bonds. The first kappa shape index (κ1) is 13.4. The standard InChI is InChI=1S/C14H13FN2OS/c1-9-4-2-3-5-12(9)19-13-7-6-10(15)8-11(13)14(16)17-18/h2-8,18H,1H3,(H2,16,17). The lowest BCUT2D eigenvalue weighted by Gasteiger charge is -2.09. The van der Waals surface area contributed by atoms with E-state index < -0.39 is 5.82 Å². The minimum Gasteiger partial charge on any atom is -0.409 e. The van der Waals surface area contributed by atoms with Crippen molar-refractivity contribution in [3.63, 3.8) is 0 Å². The quantitative estimate of drug-likeness (QED) is 0.391. The molecule has 0 unspecified atom stereocenters. The number of halogens is 1. The molecule has 0 radical (unpaired) electrons. The molecule has 2 rings (SSSR count). The van der Waals surface area contributed by atoms with Crippen molar-refractivity contribution in [2.75, 3.05) is 0 Å². The minimum absolute atomic E-state index is 0.101. The molecule has 0 spiro atoms. The van der Waals surface area contributed by atoms with E-state index in [9.17, 15) is 4.39 Å². The van der Waals surface area contributed by atoms with Crippen molar-refractivity contribution in [1.29, 1.82) is 0 Å². The van der Waals surface area contributed by atoms with Gasteiger partial charge in [0.1, 0.15) is 5.82 Å². The summed E-state index contributed by atoms with van der Waals surface area (Å²) in [7, 11) is 0. The zero-order valence-electron chi connectivity index (χ0n) is 10.3. The fourth-order valence-corrected chi connectivity index (χ4v) is 2.66. The molecule has 0 aliphatic rings. The fourth-order valence-electron chi connectivity index (χ4n) is 1.63. The van der Waals surface area contributed by atoms with Gasteiger partial charge in [-0.1, -0.05) is 35.1 Å². The molecule has 3 nitrogen and oxygen atoms in total. The Kier molecular flexibility index (Phi) is 4.06. The Bertz CT molecular complexity index is 629. The van der Waals surface area contributed by atoms with Gasteiger partial charge in [-0.15, -0.1) is 0 Å². The van der Waals surface area contributed by atoms with Crippen molar-refractivity contribution in [3.05, 3.63) is 59.4 Å². The van der Waals surface area contributed by atoms with Crippen molar-refractivity contribution < 1.29 is 9.60 Å². The van der Waals surface area contributed by atoms with Gasteiger partial charge in [-0.3, -0.25) is 0 Å². The summed E-state index contributed by atoms with van der Waals surface area (Å²) in [5, 5.41) is 11.7. The maximum absolute atomic E-state index is 13.3. The van der Waals surface area contributed by atoms with Crippen LogP contribution in [0.25, 0.3) is 0 Å². The van der Waals surface area contributed by atoms with E-state index in [0.29, 0.717) is 5.56 Å². The smallest absolute Gasteiger partial charge is 0.171 e. The van der Waals surface area contributed by atoms with Gasteiger partial charge in [0.25, 0.3) is 0 Å². The maximum atomic E-state index is 13.3. The van der Waals surface area contributed by atoms with Crippen LogP contribution in [0.2, 0.25) is 0 Å². The molecule has 98 valence electrons. The van der Waals surface area contributed by atoms with Gasteiger partial charge in [0.15, 0.2) is 5.84 Å². The fraction of sp³-hybridized carbons (Fsp3) is 0.0714. The topological polar surface area (TPSA) is 58.6 Å². The van der Waals surface area contributed by atoms with Gasteiger partial charge in [0, 0.05) is 15.4 Å². The SMILES string of the molecule is Cc1ccccc1Sc1ccc(F)cc1C(N)=NO. The van der Waals surface area contributed by atoms with Gasteiger partial charge in [0.05, 0.1) is 0 Å². The summed E-state index contributed by atoms with van der Waals surface area (Å²) in [6.45, 7) is 2.00. The lowest BCUT2D eigenvalue weighted by molar-refractivity contribution is 0.318. The number of oxime groups is 1. The molecule has 0 atom stereocenters. The molecule has 0 fully saturated rings. The highest BCUT2D eigenvalue weighted by Crippen LogP contribution is 2.32. The maximum Gasteiger partial charge on any atom is 0.171 e. The second-order valence-corrected chi connectivity index (χ2v) is 5.08. The van der Waals surface area contributed by atoms with E-state index in [2.05, 4.69) is 5.16 Å². The molecule has 0 saturated carbocycles. The van der Waals surface area contributed by atoms with E-state index in [-0.39, 0.29) is 5.84 Å². The Labute approximate surface area is 114 Å². The van der Waals surface area contributed by atoms with E-state index in [1.54, 1.807) is 6.07 Å². The van der Waals surface area contributed by atoms with Gasteiger partial charge < -0.3 is 10.9 Å². The number of amidine groups is 1. The predicted octanol–water partition coefficient (Wildman–Crippen LogP) is 3.38. The van der Waals surface area contributed by atoms with Crippen LogP contribution in [0.5, 0.6) is 0 Å². The first-order valence-corrected chi connectivity index (χ1v) is 6.44. The molecular weight excluding hydrogens is 263 g/mol. The Hall–Kier alpha value is -2.01. The molecule has 0 heterocycles. The highest BCUT2D eigenvalue weighted by atomic mass is 32.2. The van der Waals surface area contributed by atoms with E-state index >= 15 is 0 Å². The Morgan fingerprint density at radius 3 is 2.63 bits per heavy atom. The van der Waals surface area contributed by atoms with Crippen LogP contribution in [0.3, 0.4) is 0 Å². The number of hydrogen-bond acceptors (Lipinski definition) is 3. The van der Waals surface area contributed by atoms with Crippen molar-refractivity contribution in [2.24, 2.45) is 10.9 Å². The Morgan fingerprint density at radius 1 is 1.21 bits per heavy atom. The van der Waals surface area contributed by atoms with Gasteiger partial charge in [0.2, 0.25) is 0 Å². The van der Waals surface area contributed by atoms with Gasteiger partial charge in [-0.25, -0.2) is 4.39 Å². The third-order valence-electron chi connectivity index (χ3n) is 2.64. The summed E-state index contributed by atoms with van der Waals surface area (Å²) < 4.78 is 13.3. The molecule has 19 heavy (non-hydrogen) atoms. The molecule has 2 aromatic carbocycles. The van der Waals surface area contributed by atoms with Crippen molar-refractivity contribution in [3.8, 4) is 0 Å².